The second kappa shape index (κ2) is 6.60. The van der Waals surface area contributed by atoms with E-state index >= 15 is 0 Å². The molecule has 0 spiro atoms. The van der Waals surface area contributed by atoms with E-state index in [-0.39, 0.29) is 11.8 Å². The molecule has 0 aliphatic carbocycles. The smallest absolute Gasteiger partial charge is 0.229 e. The van der Waals surface area contributed by atoms with E-state index in [0.717, 1.165) is 23.3 Å². The van der Waals surface area contributed by atoms with Crippen molar-refractivity contribution in [2.75, 3.05) is 27.2 Å². The molecule has 6 heteroatoms. The average Bonchev–Trinajstić information content (AvgIpc) is 2.56. The Balaban J connectivity index is 1.71. The summed E-state index contributed by atoms with van der Waals surface area (Å²) in [5, 5.41) is 10.1. The number of likely N-dealkylation sites (tertiary alicyclic amines) is 1. The lowest BCUT2D eigenvalue weighted by Crippen LogP contribution is -2.49. The molecule has 3 rings (SSSR count). The van der Waals surface area contributed by atoms with Crippen LogP contribution in [0.15, 0.2) is 30.5 Å². The van der Waals surface area contributed by atoms with E-state index in [2.05, 4.69) is 14.9 Å². The summed E-state index contributed by atoms with van der Waals surface area (Å²) < 4.78 is 0. The lowest BCUT2D eigenvalue weighted by Gasteiger charge is -2.35. The summed E-state index contributed by atoms with van der Waals surface area (Å²) in [7, 11) is 3.72. The zero-order chi connectivity index (χ0) is 16.4. The molecule has 1 N–H and O–H groups in total. The van der Waals surface area contributed by atoms with Gasteiger partial charge in [0.2, 0.25) is 5.91 Å². The molecule has 122 valence electrons. The molecule has 1 amide bonds. The molecular weight excluding hydrogens is 292 g/mol. The molecule has 1 aromatic carbocycles. The zero-order valence-electron chi connectivity index (χ0n) is 13.5. The number of piperidine rings is 1. The van der Waals surface area contributed by atoms with Gasteiger partial charge >= 0.3 is 0 Å². The number of carbonyl (C=O) groups excluding carboxylic acids is 1. The van der Waals surface area contributed by atoms with E-state index < -0.39 is 6.10 Å². The van der Waals surface area contributed by atoms with Crippen molar-refractivity contribution in [2.45, 2.75) is 19.1 Å². The van der Waals surface area contributed by atoms with E-state index in [1.54, 1.807) is 18.1 Å². The Kier molecular flexibility index (Phi) is 4.54. The van der Waals surface area contributed by atoms with Crippen LogP contribution in [0.2, 0.25) is 0 Å². The number of para-hydroxylation sites is 2. The molecule has 1 aliphatic rings. The molecule has 0 unspecified atom stereocenters. The summed E-state index contributed by atoms with van der Waals surface area (Å²) in [6, 6.07) is 7.67. The van der Waals surface area contributed by atoms with E-state index in [0.29, 0.717) is 19.5 Å². The van der Waals surface area contributed by atoms with E-state index in [1.807, 2.05) is 31.3 Å². The first-order valence-electron chi connectivity index (χ1n) is 7.87. The fraction of sp³-hybridized carbons (Fsp3) is 0.471. The van der Waals surface area contributed by atoms with Gasteiger partial charge in [0.25, 0.3) is 0 Å². The summed E-state index contributed by atoms with van der Waals surface area (Å²) in [4.78, 5) is 25.2. The average molecular weight is 314 g/mol. The molecule has 0 saturated carbocycles. The predicted molar refractivity (Wildman–Crippen MR) is 87.6 cm³/mol. The summed E-state index contributed by atoms with van der Waals surface area (Å²) in [5.41, 5.74) is 2.41. The van der Waals surface area contributed by atoms with Crippen LogP contribution in [-0.4, -0.2) is 64.1 Å². The fourth-order valence-corrected chi connectivity index (χ4v) is 3.02. The van der Waals surface area contributed by atoms with Gasteiger partial charge in [-0.1, -0.05) is 12.1 Å². The Hall–Kier alpha value is -2.05. The first-order chi connectivity index (χ1) is 11.0. The summed E-state index contributed by atoms with van der Waals surface area (Å²) in [5.74, 6) is -0.411. The molecule has 23 heavy (non-hydrogen) atoms. The van der Waals surface area contributed by atoms with Crippen LogP contribution in [0.5, 0.6) is 0 Å². The maximum atomic E-state index is 12.6. The standard InChI is InChI=1S/C17H22N4O2/c1-20-8-7-16(22)13(11-20)17(23)21(2)10-12-9-18-14-5-3-4-6-15(14)19-12/h3-6,9,13,16,22H,7-8,10-11H2,1-2H3/t13-,16-/m1/s1. The molecule has 1 saturated heterocycles. The maximum absolute atomic E-state index is 12.6. The Morgan fingerprint density at radius 3 is 2.91 bits per heavy atom. The van der Waals surface area contributed by atoms with Crippen molar-refractivity contribution >= 4 is 16.9 Å². The number of nitrogens with zero attached hydrogens (tertiary/aromatic N) is 4. The number of hydrogen-bond acceptors (Lipinski definition) is 5. The van der Waals surface area contributed by atoms with Gasteiger partial charge in [0.05, 0.1) is 41.5 Å². The van der Waals surface area contributed by atoms with Gasteiger partial charge < -0.3 is 14.9 Å². The number of amides is 1. The van der Waals surface area contributed by atoms with Gasteiger partial charge in [-0.3, -0.25) is 9.78 Å². The van der Waals surface area contributed by atoms with Crippen LogP contribution < -0.4 is 0 Å². The van der Waals surface area contributed by atoms with Gasteiger partial charge in [-0.25, -0.2) is 4.98 Å². The quantitative estimate of drug-likeness (QED) is 0.911. The fourth-order valence-electron chi connectivity index (χ4n) is 3.02. The second-order valence-corrected chi connectivity index (χ2v) is 6.27. The Morgan fingerprint density at radius 2 is 2.13 bits per heavy atom. The first kappa shape index (κ1) is 15.8. The molecule has 6 nitrogen and oxygen atoms in total. The molecule has 2 atom stereocenters. The lowest BCUT2D eigenvalue weighted by atomic mass is 9.93. The van der Waals surface area contributed by atoms with Crippen molar-refractivity contribution in [1.82, 2.24) is 19.8 Å². The van der Waals surface area contributed by atoms with E-state index in [1.165, 1.54) is 0 Å². The van der Waals surface area contributed by atoms with Crippen LogP contribution in [0.1, 0.15) is 12.1 Å². The Labute approximate surface area is 135 Å². The van der Waals surface area contributed by atoms with Crippen molar-refractivity contribution in [3.05, 3.63) is 36.2 Å². The summed E-state index contributed by atoms with van der Waals surface area (Å²) in [6.07, 6.45) is 1.77. The number of carbonyl (C=O) groups is 1. The molecule has 1 fully saturated rings. The van der Waals surface area contributed by atoms with Crippen molar-refractivity contribution in [2.24, 2.45) is 5.92 Å². The highest BCUT2D eigenvalue weighted by molar-refractivity contribution is 5.79. The molecule has 0 bridgehead atoms. The number of hydrogen-bond donors (Lipinski definition) is 1. The SMILES string of the molecule is CN1CC[C@@H](O)[C@H](C(=O)N(C)Cc2cnc3ccccc3n2)C1. The van der Waals surface area contributed by atoms with Gasteiger partial charge in [-0.2, -0.15) is 0 Å². The highest BCUT2D eigenvalue weighted by Gasteiger charge is 2.33. The monoisotopic (exact) mass is 314 g/mol. The normalized spacial score (nSPS) is 22.2. The Morgan fingerprint density at radius 1 is 1.39 bits per heavy atom. The van der Waals surface area contributed by atoms with Crippen molar-refractivity contribution in [3.8, 4) is 0 Å². The van der Waals surface area contributed by atoms with Crippen molar-refractivity contribution in [3.63, 3.8) is 0 Å². The lowest BCUT2D eigenvalue weighted by molar-refractivity contribution is -0.141. The number of rotatable bonds is 3. The highest BCUT2D eigenvalue weighted by atomic mass is 16.3. The number of fused-ring (bicyclic) bond motifs is 1. The largest absolute Gasteiger partial charge is 0.392 e. The number of aromatic nitrogens is 2. The molecule has 1 aliphatic heterocycles. The predicted octanol–water partition coefficient (Wildman–Crippen LogP) is 0.901. The maximum Gasteiger partial charge on any atom is 0.229 e. The molecule has 2 aromatic rings. The summed E-state index contributed by atoms with van der Waals surface area (Å²) >= 11 is 0. The minimum absolute atomic E-state index is 0.0426. The molecule has 2 heterocycles. The third-order valence-corrected chi connectivity index (χ3v) is 4.37. The van der Waals surface area contributed by atoms with Crippen LogP contribution in [0.4, 0.5) is 0 Å². The minimum atomic E-state index is -0.566. The van der Waals surface area contributed by atoms with Crippen LogP contribution in [-0.2, 0) is 11.3 Å². The van der Waals surface area contributed by atoms with Gasteiger partial charge in [0, 0.05) is 20.1 Å². The molecule has 1 aromatic heterocycles. The van der Waals surface area contributed by atoms with Gasteiger partial charge in [0.15, 0.2) is 0 Å². The third-order valence-electron chi connectivity index (χ3n) is 4.37. The van der Waals surface area contributed by atoms with E-state index in [4.69, 9.17) is 0 Å². The number of aliphatic hydroxyl groups is 1. The highest BCUT2D eigenvalue weighted by Crippen LogP contribution is 2.19. The van der Waals surface area contributed by atoms with Crippen LogP contribution in [0.3, 0.4) is 0 Å². The number of aliphatic hydroxyl groups excluding tert-OH is 1. The van der Waals surface area contributed by atoms with Crippen LogP contribution in [0, 0.1) is 5.92 Å². The molecule has 0 radical (unpaired) electrons. The van der Waals surface area contributed by atoms with E-state index in [9.17, 15) is 9.90 Å². The van der Waals surface area contributed by atoms with Crippen LogP contribution >= 0.6 is 0 Å². The van der Waals surface area contributed by atoms with Crippen LogP contribution in [0.25, 0.3) is 11.0 Å². The first-order valence-corrected chi connectivity index (χ1v) is 7.87. The van der Waals surface area contributed by atoms with Crippen molar-refractivity contribution in [1.29, 1.82) is 0 Å². The van der Waals surface area contributed by atoms with Crippen molar-refractivity contribution < 1.29 is 9.90 Å². The minimum Gasteiger partial charge on any atom is -0.392 e. The Bertz CT molecular complexity index is 706. The summed E-state index contributed by atoms with van der Waals surface area (Å²) in [6.45, 7) is 1.81. The van der Waals surface area contributed by atoms with Gasteiger partial charge in [-0.05, 0) is 25.6 Å². The molecular formula is C17H22N4O2. The topological polar surface area (TPSA) is 69.6 Å². The van der Waals surface area contributed by atoms with Gasteiger partial charge in [0.1, 0.15) is 0 Å². The third kappa shape index (κ3) is 3.48. The number of benzene rings is 1. The van der Waals surface area contributed by atoms with Gasteiger partial charge in [-0.15, -0.1) is 0 Å². The zero-order valence-corrected chi connectivity index (χ0v) is 13.5. The second-order valence-electron chi connectivity index (χ2n) is 6.27.